The number of thiophene rings is 1. The van der Waals surface area contributed by atoms with Crippen molar-refractivity contribution in [3.05, 3.63) is 40.4 Å². The number of aromatic nitrogens is 3. The van der Waals surface area contributed by atoms with Gasteiger partial charge >= 0.3 is 5.97 Å². The van der Waals surface area contributed by atoms with E-state index in [1.54, 1.807) is 0 Å². The van der Waals surface area contributed by atoms with E-state index in [0.29, 0.717) is 21.6 Å². The van der Waals surface area contributed by atoms with Crippen molar-refractivity contribution < 1.29 is 14.3 Å². The number of hydrogen-bond acceptors (Lipinski definition) is 7. The number of carbonyl (C=O) groups is 2. The van der Waals surface area contributed by atoms with Gasteiger partial charge in [-0.05, 0) is 42.9 Å². The maximum atomic E-state index is 12.5. The van der Waals surface area contributed by atoms with Crippen LogP contribution in [0, 0.1) is 5.92 Å². The lowest BCUT2D eigenvalue weighted by molar-refractivity contribution is -0.113. The molecule has 1 amide bonds. The van der Waals surface area contributed by atoms with E-state index in [1.807, 2.05) is 28.8 Å². The van der Waals surface area contributed by atoms with Gasteiger partial charge in [0.2, 0.25) is 5.91 Å². The van der Waals surface area contributed by atoms with E-state index in [9.17, 15) is 9.59 Å². The van der Waals surface area contributed by atoms with Crippen molar-refractivity contribution in [1.29, 1.82) is 0 Å². The third-order valence-corrected chi connectivity index (χ3v) is 6.88. The molecule has 0 aromatic carbocycles. The van der Waals surface area contributed by atoms with Crippen molar-refractivity contribution in [2.45, 2.75) is 31.3 Å². The monoisotopic (exact) mass is 416 g/mol. The number of esters is 1. The van der Waals surface area contributed by atoms with Crippen LogP contribution in [0.25, 0.3) is 5.65 Å². The highest BCUT2D eigenvalue weighted by molar-refractivity contribution is 7.99. The van der Waals surface area contributed by atoms with Crippen LogP contribution in [-0.2, 0) is 22.4 Å². The highest BCUT2D eigenvalue weighted by atomic mass is 32.2. The summed E-state index contributed by atoms with van der Waals surface area (Å²) in [6.07, 6.45) is 4.67. The fourth-order valence-electron chi connectivity index (χ4n) is 3.37. The van der Waals surface area contributed by atoms with Crippen molar-refractivity contribution >= 4 is 45.6 Å². The summed E-state index contributed by atoms with van der Waals surface area (Å²) >= 11 is 2.79. The van der Waals surface area contributed by atoms with Gasteiger partial charge in [0.05, 0.1) is 18.4 Å². The molecule has 0 saturated carbocycles. The molecule has 0 bridgehead atoms. The van der Waals surface area contributed by atoms with Crippen LogP contribution in [0.2, 0.25) is 0 Å². The van der Waals surface area contributed by atoms with Crippen molar-refractivity contribution in [2.24, 2.45) is 5.92 Å². The Hall–Kier alpha value is -2.39. The minimum Gasteiger partial charge on any atom is -0.465 e. The molecule has 3 aromatic rings. The fourth-order valence-corrected chi connectivity index (χ4v) is 5.51. The summed E-state index contributed by atoms with van der Waals surface area (Å²) in [5.41, 5.74) is 2.28. The number of amides is 1. The Morgan fingerprint density at radius 3 is 3.07 bits per heavy atom. The normalized spacial score (nSPS) is 16.0. The van der Waals surface area contributed by atoms with Crippen molar-refractivity contribution in [2.75, 3.05) is 18.2 Å². The van der Waals surface area contributed by atoms with E-state index in [4.69, 9.17) is 4.74 Å². The van der Waals surface area contributed by atoms with Gasteiger partial charge in [0.15, 0.2) is 10.8 Å². The predicted molar refractivity (Wildman–Crippen MR) is 109 cm³/mol. The molecular weight excluding hydrogens is 396 g/mol. The smallest absolute Gasteiger partial charge is 0.341 e. The first-order valence-electron chi connectivity index (χ1n) is 9.02. The summed E-state index contributed by atoms with van der Waals surface area (Å²) in [6, 6.07) is 5.64. The average Bonchev–Trinajstić information content (AvgIpc) is 3.26. The number of ether oxygens (including phenoxy) is 1. The lowest BCUT2D eigenvalue weighted by atomic mass is 9.88. The van der Waals surface area contributed by atoms with Gasteiger partial charge < -0.3 is 10.1 Å². The molecule has 146 valence electrons. The van der Waals surface area contributed by atoms with Crippen molar-refractivity contribution in [1.82, 2.24) is 14.6 Å². The number of methoxy groups -OCH3 is 1. The van der Waals surface area contributed by atoms with Crippen LogP contribution in [0.5, 0.6) is 0 Å². The molecule has 0 radical (unpaired) electrons. The van der Waals surface area contributed by atoms with Crippen LogP contribution in [-0.4, -0.2) is 39.3 Å². The second-order valence-electron chi connectivity index (χ2n) is 6.80. The number of carbonyl (C=O) groups excluding carboxylic acids is 2. The standard InChI is InChI=1S/C19H20N4O3S2/c1-11-6-7-12-13(9-11)28-17(16(12)18(25)26-2)20-15(24)10-27-19-22-21-14-5-3-4-8-23(14)19/h3-5,8,11H,6-7,9-10H2,1-2H3,(H,20,24)/t11-/m0/s1. The largest absolute Gasteiger partial charge is 0.465 e. The molecule has 0 unspecified atom stereocenters. The fraction of sp³-hybridized carbons (Fsp3) is 0.368. The summed E-state index contributed by atoms with van der Waals surface area (Å²) in [5, 5.41) is 12.3. The van der Waals surface area contributed by atoms with E-state index in [2.05, 4.69) is 22.4 Å². The molecule has 4 rings (SSSR count). The topological polar surface area (TPSA) is 85.6 Å². The number of pyridine rings is 1. The predicted octanol–water partition coefficient (Wildman–Crippen LogP) is 3.43. The van der Waals surface area contributed by atoms with Gasteiger partial charge in [0.25, 0.3) is 0 Å². The van der Waals surface area contributed by atoms with Crippen LogP contribution in [0.15, 0.2) is 29.6 Å². The molecule has 1 atom stereocenters. The first-order chi connectivity index (χ1) is 13.6. The Labute approximate surface area is 170 Å². The Balaban J connectivity index is 1.50. The van der Waals surface area contributed by atoms with Gasteiger partial charge in [-0.2, -0.15) is 0 Å². The third kappa shape index (κ3) is 3.64. The zero-order valence-corrected chi connectivity index (χ0v) is 17.2. The number of hydrogen-bond donors (Lipinski definition) is 1. The van der Waals surface area contributed by atoms with Crippen LogP contribution >= 0.6 is 23.1 Å². The maximum Gasteiger partial charge on any atom is 0.341 e. The number of fused-ring (bicyclic) bond motifs is 2. The van der Waals surface area contributed by atoms with Gasteiger partial charge in [-0.1, -0.05) is 24.8 Å². The minimum atomic E-state index is -0.390. The van der Waals surface area contributed by atoms with Gasteiger partial charge in [0.1, 0.15) is 5.00 Å². The number of thioether (sulfide) groups is 1. The lowest BCUT2D eigenvalue weighted by Gasteiger charge is -2.18. The molecule has 1 N–H and O–H groups in total. The molecule has 7 nitrogen and oxygen atoms in total. The second-order valence-corrected chi connectivity index (χ2v) is 8.84. The Kier molecular flexibility index (Phi) is 5.36. The number of nitrogens with one attached hydrogen (secondary N) is 1. The van der Waals surface area contributed by atoms with Crippen LogP contribution in [0.1, 0.15) is 34.1 Å². The first kappa shape index (κ1) is 18.9. The van der Waals surface area contributed by atoms with Crippen LogP contribution < -0.4 is 5.32 Å². The first-order valence-corrected chi connectivity index (χ1v) is 10.8. The van der Waals surface area contributed by atoms with E-state index in [1.165, 1.54) is 35.1 Å². The molecule has 0 aliphatic heterocycles. The van der Waals surface area contributed by atoms with Crippen LogP contribution in [0.4, 0.5) is 5.00 Å². The van der Waals surface area contributed by atoms with Gasteiger partial charge in [-0.25, -0.2) is 4.79 Å². The molecule has 1 aliphatic rings. The minimum absolute atomic E-state index is 0.176. The molecule has 0 spiro atoms. The molecule has 0 saturated heterocycles. The van der Waals surface area contributed by atoms with Crippen molar-refractivity contribution in [3.8, 4) is 0 Å². The van der Waals surface area contributed by atoms with Gasteiger partial charge in [0, 0.05) is 11.1 Å². The van der Waals surface area contributed by atoms with E-state index >= 15 is 0 Å². The van der Waals surface area contributed by atoms with Crippen LogP contribution in [0.3, 0.4) is 0 Å². The van der Waals surface area contributed by atoms with E-state index in [0.717, 1.165) is 30.5 Å². The molecule has 1 aliphatic carbocycles. The number of nitrogens with zero attached hydrogens (tertiary/aromatic N) is 3. The third-order valence-electron chi connectivity index (χ3n) is 4.77. The Morgan fingerprint density at radius 1 is 1.39 bits per heavy atom. The summed E-state index contributed by atoms with van der Waals surface area (Å²) < 4.78 is 6.80. The zero-order valence-electron chi connectivity index (χ0n) is 15.6. The number of anilines is 1. The maximum absolute atomic E-state index is 12.5. The summed E-state index contributed by atoms with van der Waals surface area (Å²) in [7, 11) is 1.37. The van der Waals surface area contributed by atoms with E-state index < -0.39 is 5.97 Å². The summed E-state index contributed by atoms with van der Waals surface area (Å²) in [6.45, 7) is 2.21. The highest BCUT2D eigenvalue weighted by Crippen LogP contribution is 2.40. The van der Waals surface area contributed by atoms with Gasteiger partial charge in [-0.3, -0.25) is 9.20 Å². The summed E-state index contributed by atoms with van der Waals surface area (Å²) in [5.74, 6) is 0.180. The quantitative estimate of drug-likeness (QED) is 0.507. The average molecular weight is 417 g/mol. The molecule has 0 fully saturated rings. The van der Waals surface area contributed by atoms with E-state index in [-0.39, 0.29) is 11.7 Å². The Morgan fingerprint density at radius 2 is 2.25 bits per heavy atom. The highest BCUT2D eigenvalue weighted by Gasteiger charge is 2.28. The molecule has 3 heterocycles. The number of rotatable bonds is 5. The zero-order chi connectivity index (χ0) is 19.7. The second kappa shape index (κ2) is 7.92. The molecular formula is C19H20N4O3S2. The van der Waals surface area contributed by atoms with Gasteiger partial charge in [-0.15, -0.1) is 21.5 Å². The SMILES string of the molecule is COC(=O)c1c(NC(=O)CSc2nnc3ccccn23)sc2c1CC[C@H](C)C2. The molecule has 3 aromatic heterocycles. The summed E-state index contributed by atoms with van der Waals surface area (Å²) in [4.78, 5) is 26.0. The molecule has 9 heteroatoms. The lowest BCUT2D eigenvalue weighted by Crippen LogP contribution is -2.17. The Bertz CT molecular complexity index is 1040. The van der Waals surface area contributed by atoms with Crippen molar-refractivity contribution in [3.63, 3.8) is 0 Å². The molecule has 28 heavy (non-hydrogen) atoms.